The van der Waals surface area contributed by atoms with E-state index in [1.54, 1.807) is 0 Å². The van der Waals surface area contributed by atoms with Crippen LogP contribution in [0.15, 0.2) is 48.5 Å². The van der Waals surface area contributed by atoms with Crippen LogP contribution in [-0.2, 0) is 14.4 Å². The third-order valence-electron chi connectivity index (χ3n) is 7.81. The third kappa shape index (κ3) is 2.72. The normalized spacial score (nSPS) is 28.8. The Morgan fingerprint density at radius 3 is 1.68 bits per heavy atom. The molecule has 2 fully saturated rings. The lowest BCUT2D eigenvalue weighted by atomic mass is 9.55. The van der Waals surface area contributed by atoms with Crippen molar-refractivity contribution in [2.45, 2.75) is 50.0 Å². The Bertz CT molecular complexity index is 972. The van der Waals surface area contributed by atoms with E-state index in [-0.39, 0.29) is 42.1 Å². The van der Waals surface area contributed by atoms with Crippen molar-refractivity contribution in [1.82, 2.24) is 10.2 Å². The molecule has 0 spiro atoms. The summed E-state index contributed by atoms with van der Waals surface area (Å²) in [5.74, 6) is -1.65. The molecule has 2 atom stereocenters. The molecule has 1 aliphatic heterocycles. The highest BCUT2D eigenvalue weighted by atomic mass is 16.2. The van der Waals surface area contributed by atoms with Crippen LogP contribution in [0.2, 0.25) is 0 Å². The van der Waals surface area contributed by atoms with Crippen molar-refractivity contribution in [2.75, 3.05) is 6.54 Å². The van der Waals surface area contributed by atoms with E-state index in [0.29, 0.717) is 0 Å². The first kappa shape index (κ1) is 18.8. The van der Waals surface area contributed by atoms with E-state index < -0.39 is 11.8 Å². The minimum atomic E-state index is -0.412. The van der Waals surface area contributed by atoms with Crippen LogP contribution in [0.5, 0.6) is 0 Å². The molecule has 0 radical (unpaired) electrons. The highest BCUT2D eigenvalue weighted by Gasteiger charge is 2.61. The molecule has 0 unspecified atom stereocenters. The topological polar surface area (TPSA) is 66.5 Å². The van der Waals surface area contributed by atoms with Gasteiger partial charge in [0.2, 0.25) is 17.7 Å². The first-order chi connectivity index (χ1) is 15.1. The summed E-state index contributed by atoms with van der Waals surface area (Å²) in [6.07, 6.45) is 5.41. The lowest BCUT2D eigenvalue weighted by Gasteiger charge is -2.45. The van der Waals surface area contributed by atoms with Crippen molar-refractivity contribution < 1.29 is 14.4 Å². The molecule has 0 aromatic heterocycles. The van der Waals surface area contributed by atoms with Gasteiger partial charge in [-0.25, -0.2) is 0 Å². The van der Waals surface area contributed by atoms with Gasteiger partial charge in [-0.1, -0.05) is 67.8 Å². The molecule has 1 saturated heterocycles. The Balaban J connectivity index is 1.33. The summed E-state index contributed by atoms with van der Waals surface area (Å²) in [5, 5.41) is 3.06. The number of rotatable bonds is 3. The number of carbonyl (C=O) groups is 3. The Kier molecular flexibility index (Phi) is 4.27. The Labute approximate surface area is 181 Å². The fraction of sp³-hybridized carbons (Fsp3) is 0.423. The second kappa shape index (κ2) is 7.04. The molecule has 5 aliphatic rings. The molecule has 2 bridgehead atoms. The summed E-state index contributed by atoms with van der Waals surface area (Å²) in [5.41, 5.74) is 4.62. The summed E-state index contributed by atoms with van der Waals surface area (Å²) in [7, 11) is 0. The van der Waals surface area contributed by atoms with Crippen molar-refractivity contribution in [1.29, 1.82) is 0 Å². The number of hydrogen-bond donors (Lipinski definition) is 1. The van der Waals surface area contributed by atoms with E-state index in [4.69, 9.17) is 0 Å². The molecule has 5 nitrogen and oxygen atoms in total. The molecule has 1 heterocycles. The van der Waals surface area contributed by atoms with Crippen LogP contribution in [0.25, 0.3) is 0 Å². The van der Waals surface area contributed by atoms with Crippen LogP contribution in [0, 0.1) is 11.8 Å². The molecule has 4 aliphatic carbocycles. The molecule has 158 valence electrons. The minimum absolute atomic E-state index is 0.120. The van der Waals surface area contributed by atoms with Crippen molar-refractivity contribution in [3.05, 3.63) is 70.8 Å². The maximum atomic E-state index is 13.5. The first-order valence-electron chi connectivity index (χ1n) is 11.5. The van der Waals surface area contributed by atoms with Crippen LogP contribution >= 0.6 is 0 Å². The van der Waals surface area contributed by atoms with Crippen LogP contribution < -0.4 is 5.32 Å². The average Bonchev–Trinajstić information content (AvgIpc) is 3.05. The molecule has 2 aromatic rings. The van der Waals surface area contributed by atoms with Crippen LogP contribution in [0.1, 0.15) is 66.2 Å². The molecular formula is C26H26N2O3. The predicted octanol–water partition coefficient (Wildman–Crippen LogP) is 3.33. The molecular weight excluding hydrogens is 388 g/mol. The maximum Gasteiger partial charge on any atom is 0.240 e. The molecule has 1 N–H and O–H groups in total. The molecule has 31 heavy (non-hydrogen) atoms. The second-order valence-corrected chi connectivity index (χ2v) is 9.43. The monoisotopic (exact) mass is 414 g/mol. The number of amides is 3. The smallest absolute Gasteiger partial charge is 0.240 e. The van der Waals surface area contributed by atoms with E-state index in [2.05, 4.69) is 29.6 Å². The fourth-order valence-electron chi connectivity index (χ4n) is 6.56. The molecule has 2 aromatic carbocycles. The van der Waals surface area contributed by atoms with Crippen molar-refractivity contribution in [2.24, 2.45) is 11.8 Å². The summed E-state index contributed by atoms with van der Waals surface area (Å²) < 4.78 is 0. The summed E-state index contributed by atoms with van der Waals surface area (Å²) >= 11 is 0. The number of carbonyl (C=O) groups excluding carboxylic acids is 3. The van der Waals surface area contributed by atoms with Gasteiger partial charge in [-0.2, -0.15) is 0 Å². The Morgan fingerprint density at radius 2 is 1.23 bits per heavy atom. The van der Waals surface area contributed by atoms with Gasteiger partial charge in [0.15, 0.2) is 0 Å². The molecule has 3 amide bonds. The number of nitrogens with zero attached hydrogens (tertiary/aromatic N) is 1. The fourth-order valence-corrected chi connectivity index (χ4v) is 6.56. The quantitative estimate of drug-likeness (QED) is 0.784. The number of likely N-dealkylation sites (tertiary alicyclic amines) is 1. The van der Waals surface area contributed by atoms with Gasteiger partial charge in [0.25, 0.3) is 0 Å². The Hall–Kier alpha value is -2.95. The van der Waals surface area contributed by atoms with Gasteiger partial charge in [0, 0.05) is 17.9 Å². The lowest BCUT2D eigenvalue weighted by Crippen LogP contribution is -2.45. The molecule has 5 heteroatoms. The predicted molar refractivity (Wildman–Crippen MR) is 115 cm³/mol. The van der Waals surface area contributed by atoms with E-state index in [1.165, 1.54) is 11.3 Å². The van der Waals surface area contributed by atoms with Gasteiger partial charge in [0.05, 0.1) is 11.8 Å². The van der Waals surface area contributed by atoms with Gasteiger partial charge in [-0.05, 0) is 35.1 Å². The Morgan fingerprint density at radius 1 is 0.774 bits per heavy atom. The molecule has 1 saturated carbocycles. The highest BCUT2D eigenvalue weighted by Crippen LogP contribution is 2.60. The van der Waals surface area contributed by atoms with Gasteiger partial charge in [-0.3, -0.25) is 19.3 Å². The number of imide groups is 1. The highest BCUT2D eigenvalue weighted by molar-refractivity contribution is 6.09. The van der Waals surface area contributed by atoms with E-state index in [9.17, 15) is 14.4 Å². The van der Waals surface area contributed by atoms with E-state index in [1.807, 2.05) is 24.3 Å². The van der Waals surface area contributed by atoms with Crippen LogP contribution in [0.3, 0.4) is 0 Å². The zero-order valence-corrected chi connectivity index (χ0v) is 17.4. The second-order valence-electron chi connectivity index (χ2n) is 9.43. The first-order valence-corrected chi connectivity index (χ1v) is 11.5. The zero-order chi connectivity index (χ0) is 21.1. The van der Waals surface area contributed by atoms with Crippen molar-refractivity contribution in [3.63, 3.8) is 0 Å². The van der Waals surface area contributed by atoms with Gasteiger partial charge >= 0.3 is 0 Å². The van der Waals surface area contributed by atoms with Crippen molar-refractivity contribution >= 4 is 17.7 Å². The summed E-state index contributed by atoms with van der Waals surface area (Å²) in [6.45, 7) is -0.159. The number of nitrogens with one attached hydrogen (secondary N) is 1. The van der Waals surface area contributed by atoms with Crippen LogP contribution in [-0.4, -0.2) is 35.2 Å². The summed E-state index contributed by atoms with van der Waals surface area (Å²) in [6, 6.07) is 16.6. The summed E-state index contributed by atoms with van der Waals surface area (Å²) in [4.78, 5) is 41.0. The lowest BCUT2D eigenvalue weighted by molar-refractivity contribution is -0.143. The zero-order valence-electron chi connectivity index (χ0n) is 17.4. The van der Waals surface area contributed by atoms with Crippen molar-refractivity contribution in [3.8, 4) is 0 Å². The SMILES string of the molecule is O=C(CN1C(=O)[C@@H]2C3c4ccccc4C(c4ccccc43)[C@@H]2C1=O)NC1CCCCC1. The third-order valence-corrected chi connectivity index (χ3v) is 7.81. The average molecular weight is 415 g/mol. The van der Waals surface area contributed by atoms with Gasteiger partial charge in [0.1, 0.15) is 6.54 Å². The van der Waals surface area contributed by atoms with E-state index >= 15 is 0 Å². The largest absolute Gasteiger partial charge is 0.352 e. The number of benzene rings is 2. The van der Waals surface area contributed by atoms with Crippen LogP contribution in [0.4, 0.5) is 0 Å². The van der Waals surface area contributed by atoms with Gasteiger partial charge in [-0.15, -0.1) is 0 Å². The molecule has 7 rings (SSSR count). The maximum absolute atomic E-state index is 13.5. The van der Waals surface area contributed by atoms with E-state index in [0.717, 1.165) is 47.9 Å². The standard InChI is InChI=1S/C26H26N2O3/c29-20(27-15-8-2-1-3-9-15)14-28-25(30)23-21-16-10-4-5-11-17(16)22(24(23)26(28)31)19-13-7-6-12-18(19)21/h4-7,10-13,15,21-24H,1-3,8-9,14H2,(H,27,29)/t21?,22?,23-,24+. The minimum Gasteiger partial charge on any atom is -0.352 e. The van der Waals surface area contributed by atoms with Gasteiger partial charge < -0.3 is 5.32 Å². The number of hydrogen-bond acceptors (Lipinski definition) is 3.